The number of urea groups is 1. The number of carbonyl (C=O) groups is 3. The molecule has 11 heteroatoms. The summed E-state index contributed by atoms with van der Waals surface area (Å²) < 4.78 is 39.3. The highest BCUT2D eigenvalue weighted by Crippen LogP contribution is 2.39. The Labute approximate surface area is 216 Å². The number of nitrogens with zero attached hydrogens (tertiary/aromatic N) is 3. The summed E-state index contributed by atoms with van der Waals surface area (Å²) >= 11 is 4.12. The van der Waals surface area contributed by atoms with Crippen molar-refractivity contribution in [2.45, 2.75) is 43.9 Å². The molecule has 192 valence electrons. The van der Waals surface area contributed by atoms with Crippen molar-refractivity contribution in [3.8, 4) is 11.3 Å². The highest BCUT2D eigenvalue weighted by molar-refractivity contribution is 7.80. The molecule has 1 aromatic heterocycles. The van der Waals surface area contributed by atoms with Crippen molar-refractivity contribution in [1.82, 2.24) is 9.88 Å². The fraction of sp³-hybridized carbons (Fsp3) is 0.231. The maximum absolute atomic E-state index is 13.4. The van der Waals surface area contributed by atoms with Gasteiger partial charge in [-0.1, -0.05) is 11.6 Å². The van der Waals surface area contributed by atoms with Gasteiger partial charge >= 0.3 is 12.2 Å². The first-order chi connectivity index (χ1) is 17.2. The third kappa shape index (κ3) is 4.78. The molecule has 4 amide bonds. The lowest BCUT2D eigenvalue weighted by Crippen LogP contribution is -2.43. The van der Waals surface area contributed by atoms with E-state index in [1.54, 1.807) is 44.2 Å². The standard InChI is InChI=1S/C26H23F3N4O3S/c1-14-4-6-17(22(30)34)18(10-14)19-11-15(8-9-31-19)13-32-24(36)33(23(35)25(32,2)3)20-7-5-16(12-21(20)37)26(27,28)29/h4-12,37H,13H2,1-3H3,(H2,30,34). The number of halogens is 3. The molecular formula is C26H23F3N4O3S. The molecule has 1 aliphatic heterocycles. The predicted molar refractivity (Wildman–Crippen MR) is 134 cm³/mol. The summed E-state index contributed by atoms with van der Waals surface area (Å²) in [6, 6.07) is 10.5. The summed E-state index contributed by atoms with van der Waals surface area (Å²) in [5.41, 5.74) is 6.04. The molecule has 0 unspecified atom stereocenters. The minimum Gasteiger partial charge on any atom is -0.366 e. The van der Waals surface area contributed by atoms with Crippen LogP contribution in [-0.2, 0) is 17.5 Å². The van der Waals surface area contributed by atoms with Crippen molar-refractivity contribution in [2.24, 2.45) is 5.73 Å². The molecule has 1 fully saturated rings. The number of nitrogens with two attached hydrogens (primary N) is 1. The Morgan fingerprint density at radius 3 is 2.41 bits per heavy atom. The van der Waals surface area contributed by atoms with Crippen LogP contribution in [0.2, 0.25) is 0 Å². The molecule has 0 atom stereocenters. The lowest BCUT2D eigenvalue weighted by molar-refractivity contribution is -0.137. The van der Waals surface area contributed by atoms with Gasteiger partial charge in [0.1, 0.15) is 5.54 Å². The van der Waals surface area contributed by atoms with E-state index in [0.29, 0.717) is 16.8 Å². The number of pyridine rings is 1. The van der Waals surface area contributed by atoms with Crippen LogP contribution < -0.4 is 10.6 Å². The van der Waals surface area contributed by atoms with Gasteiger partial charge in [0, 0.05) is 28.8 Å². The van der Waals surface area contributed by atoms with Gasteiger partial charge < -0.3 is 10.6 Å². The number of anilines is 1. The molecule has 2 aromatic carbocycles. The first-order valence-electron chi connectivity index (χ1n) is 11.1. The fourth-order valence-corrected chi connectivity index (χ4v) is 4.50. The van der Waals surface area contributed by atoms with Gasteiger partial charge in [-0.15, -0.1) is 12.6 Å². The van der Waals surface area contributed by atoms with Crippen molar-refractivity contribution in [3.05, 3.63) is 77.0 Å². The fourth-order valence-electron chi connectivity index (χ4n) is 4.19. The second-order valence-corrected chi connectivity index (χ2v) is 9.71. The van der Waals surface area contributed by atoms with Gasteiger partial charge in [-0.05, 0) is 68.8 Å². The van der Waals surface area contributed by atoms with Crippen LogP contribution in [0, 0.1) is 6.92 Å². The van der Waals surface area contributed by atoms with Gasteiger partial charge in [0.15, 0.2) is 0 Å². The van der Waals surface area contributed by atoms with E-state index >= 15 is 0 Å². The molecule has 7 nitrogen and oxygen atoms in total. The highest BCUT2D eigenvalue weighted by atomic mass is 32.1. The molecule has 3 aromatic rings. The maximum Gasteiger partial charge on any atom is 0.416 e. The quantitative estimate of drug-likeness (QED) is 0.351. The van der Waals surface area contributed by atoms with Crippen molar-refractivity contribution < 1.29 is 27.6 Å². The SMILES string of the molecule is Cc1ccc(C(N)=O)c(-c2cc(CN3C(=O)N(c4ccc(C(F)(F)F)cc4S)C(=O)C3(C)C)ccn2)c1. The summed E-state index contributed by atoms with van der Waals surface area (Å²) in [5.74, 6) is -1.21. The Balaban J connectivity index is 1.68. The zero-order chi connectivity index (χ0) is 27.3. The Morgan fingerprint density at radius 1 is 1.08 bits per heavy atom. The molecule has 4 rings (SSSR count). The molecule has 37 heavy (non-hydrogen) atoms. The second kappa shape index (κ2) is 9.22. The number of primary amides is 1. The number of imide groups is 1. The lowest BCUT2D eigenvalue weighted by atomic mass is 9.99. The molecule has 2 heterocycles. The molecule has 0 aliphatic carbocycles. The van der Waals surface area contributed by atoms with Crippen molar-refractivity contribution in [3.63, 3.8) is 0 Å². The van der Waals surface area contributed by atoms with Crippen LogP contribution in [-0.4, -0.2) is 33.3 Å². The highest BCUT2D eigenvalue weighted by Gasteiger charge is 2.52. The van der Waals surface area contributed by atoms with Gasteiger partial charge in [-0.25, -0.2) is 9.69 Å². The number of carbonyl (C=O) groups excluding carboxylic acids is 3. The Kier molecular flexibility index (Phi) is 6.53. The van der Waals surface area contributed by atoms with Crippen molar-refractivity contribution >= 4 is 36.2 Å². The molecule has 1 saturated heterocycles. The normalized spacial score (nSPS) is 15.4. The predicted octanol–water partition coefficient (Wildman–Crippen LogP) is 5.21. The third-order valence-corrected chi connectivity index (χ3v) is 6.61. The van der Waals surface area contributed by atoms with E-state index in [-0.39, 0.29) is 22.7 Å². The van der Waals surface area contributed by atoms with Gasteiger partial charge in [-0.3, -0.25) is 14.6 Å². The summed E-state index contributed by atoms with van der Waals surface area (Å²) in [5, 5.41) is 0. The summed E-state index contributed by atoms with van der Waals surface area (Å²) in [7, 11) is 0. The third-order valence-electron chi connectivity index (χ3n) is 6.25. The maximum atomic E-state index is 13.4. The van der Waals surface area contributed by atoms with E-state index in [1.807, 2.05) is 6.92 Å². The number of benzene rings is 2. The van der Waals surface area contributed by atoms with Crippen LogP contribution in [0.15, 0.2) is 59.6 Å². The summed E-state index contributed by atoms with van der Waals surface area (Å²) in [6.07, 6.45) is -3.07. The van der Waals surface area contributed by atoms with Crippen molar-refractivity contribution in [1.29, 1.82) is 0 Å². The van der Waals surface area contributed by atoms with Crippen LogP contribution in [0.3, 0.4) is 0 Å². The average molecular weight is 529 g/mol. The van der Waals surface area contributed by atoms with Crippen LogP contribution in [0.4, 0.5) is 23.7 Å². The molecule has 0 radical (unpaired) electrons. The Morgan fingerprint density at radius 2 is 1.78 bits per heavy atom. The molecule has 1 aliphatic rings. The van der Waals surface area contributed by atoms with Gasteiger partial charge in [0.2, 0.25) is 5.91 Å². The molecule has 0 spiro atoms. The first kappa shape index (κ1) is 26.2. The van der Waals surface area contributed by atoms with Crippen molar-refractivity contribution in [2.75, 3.05) is 4.90 Å². The van der Waals surface area contributed by atoms with E-state index < -0.39 is 35.1 Å². The molecular weight excluding hydrogens is 505 g/mol. The van der Waals surface area contributed by atoms with E-state index in [9.17, 15) is 27.6 Å². The number of hydrogen-bond donors (Lipinski definition) is 2. The summed E-state index contributed by atoms with van der Waals surface area (Å²) in [4.78, 5) is 45.0. The monoisotopic (exact) mass is 528 g/mol. The van der Waals surface area contributed by atoms with E-state index in [4.69, 9.17) is 5.73 Å². The molecule has 0 bridgehead atoms. The van der Waals surface area contributed by atoms with E-state index in [1.165, 1.54) is 11.1 Å². The number of rotatable bonds is 5. The van der Waals surface area contributed by atoms with E-state index in [0.717, 1.165) is 28.7 Å². The number of amides is 4. The molecule has 0 saturated carbocycles. The Bertz CT molecular complexity index is 1440. The van der Waals surface area contributed by atoms with Gasteiger partial charge in [0.05, 0.1) is 16.9 Å². The van der Waals surface area contributed by atoms with Crippen LogP contribution in [0.1, 0.15) is 40.9 Å². The zero-order valence-corrected chi connectivity index (χ0v) is 21.0. The minimum absolute atomic E-state index is 0.00382. The smallest absolute Gasteiger partial charge is 0.366 e. The van der Waals surface area contributed by atoms with Gasteiger partial charge in [-0.2, -0.15) is 13.2 Å². The average Bonchev–Trinajstić information content (AvgIpc) is 2.98. The number of aryl methyl sites for hydroxylation is 1. The Hall–Kier alpha value is -3.86. The number of thiol groups is 1. The number of aromatic nitrogens is 1. The summed E-state index contributed by atoms with van der Waals surface area (Å²) in [6.45, 7) is 4.98. The number of alkyl halides is 3. The topological polar surface area (TPSA) is 96.6 Å². The second-order valence-electron chi connectivity index (χ2n) is 9.23. The first-order valence-corrected chi connectivity index (χ1v) is 11.6. The zero-order valence-electron chi connectivity index (χ0n) is 20.1. The van der Waals surface area contributed by atoms with Crippen LogP contribution >= 0.6 is 12.6 Å². The lowest BCUT2D eigenvalue weighted by Gasteiger charge is -2.27. The minimum atomic E-state index is -4.59. The van der Waals surface area contributed by atoms with Crippen LogP contribution in [0.5, 0.6) is 0 Å². The van der Waals surface area contributed by atoms with Gasteiger partial charge in [0.25, 0.3) is 5.91 Å². The molecule has 2 N–H and O–H groups in total. The number of hydrogen-bond acceptors (Lipinski definition) is 5. The van der Waals surface area contributed by atoms with Crippen LogP contribution in [0.25, 0.3) is 11.3 Å². The largest absolute Gasteiger partial charge is 0.416 e. The van der Waals surface area contributed by atoms with E-state index in [2.05, 4.69) is 17.6 Å².